The van der Waals surface area contributed by atoms with Crippen molar-refractivity contribution in [1.29, 1.82) is 0 Å². The molecule has 4 fully saturated rings. The van der Waals surface area contributed by atoms with Gasteiger partial charge in [-0.1, -0.05) is 0 Å². The number of carbonyl (C=O) groups is 1. The van der Waals surface area contributed by atoms with Crippen molar-refractivity contribution in [2.75, 3.05) is 32.7 Å². The van der Waals surface area contributed by atoms with Gasteiger partial charge in [0.1, 0.15) is 0 Å². The molecule has 4 saturated heterocycles. The van der Waals surface area contributed by atoms with Crippen LogP contribution in [-0.4, -0.2) is 59.6 Å². The summed E-state index contributed by atoms with van der Waals surface area (Å²) in [5.41, 5.74) is -0.508. The average Bonchev–Trinajstić information content (AvgIpc) is 2.75. The molecule has 4 rings (SSSR count). The Morgan fingerprint density at radius 3 is 2.47 bits per heavy atom. The van der Waals surface area contributed by atoms with Crippen LogP contribution in [0.1, 0.15) is 26.2 Å². The van der Waals surface area contributed by atoms with E-state index in [-0.39, 0.29) is 0 Å². The van der Waals surface area contributed by atoms with Crippen LogP contribution in [0.5, 0.6) is 0 Å². The minimum absolute atomic E-state index is 0.508. The van der Waals surface area contributed by atoms with Gasteiger partial charge in [-0.3, -0.25) is 9.69 Å². The lowest BCUT2D eigenvalue weighted by molar-refractivity contribution is -0.147. The fourth-order valence-electron chi connectivity index (χ4n) is 3.80. The predicted octanol–water partition coefficient (Wildman–Crippen LogP) is 0.877. The van der Waals surface area contributed by atoms with Gasteiger partial charge in [0.2, 0.25) is 0 Å². The van der Waals surface area contributed by atoms with Crippen LogP contribution in [0, 0.1) is 11.3 Å². The zero-order valence-electron chi connectivity index (χ0n) is 10.6. The number of piperidine rings is 3. The Bertz CT molecular complexity index is 325. The van der Waals surface area contributed by atoms with Crippen LogP contribution in [0.2, 0.25) is 0 Å². The quantitative estimate of drug-likeness (QED) is 0.775. The lowest BCUT2D eigenvalue weighted by atomic mass is 9.83. The third kappa shape index (κ3) is 1.87. The zero-order valence-corrected chi connectivity index (χ0v) is 10.6. The third-order valence-corrected chi connectivity index (χ3v) is 5.11. The summed E-state index contributed by atoms with van der Waals surface area (Å²) < 4.78 is 0. The Balaban J connectivity index is 1.69. The standard InChI is InChI=1S/C13H22N2O2/c1-13(12(16)17)4-7-15(9-13)11-8-14-5-2-10(11)3-6-14/h10-11H,2-9H2,1H3,(H,16,17). The van der Waals surface area contributed by atoms with Crippen LogP contribution in [0.25, 0.3) is 0 Å². The smallest absolute Gasteiger partial charge is 0.310 e. The Kier molecular flexibility index (Phi) is 2.67. The molecule has 0 spiro atoms. The predicted molar refractivity (Wildman–Crippen MR) is 64.9 cm³/mol. The van der Waals surface area contributed by atoms with Crippen LogP contribution in [0.4, 0.5) is 0 Å². The second-order valence-electron chi connectivity index (χ2n) is 6.29. The van der Waals surface area contributed by atoms with Gasteiger partial charge in [0.15, 0.2) is 0 Å². The third-order valence-electron chi connectivity index (χ3n) is 5.11. The molecule has 0 radical (unpaired) electrons. The molecule has 17 heavy (non-hydrogen) atoms. The van der Waals surface area contributed by atoms with Gasteiger partial charge >= 0.3 is 5.97 Å². The van der Waals surface area contributed by atoms with E-state index >= 15 is 0 Å². The van der Waals surface area contributed by atoms with Crippen LogP contribution in [0.15, 0.2) is 0 Å². The van der Waals surface area contributed by atoms with Gasteiger partial charge in [-0.2, -0.15) is 0 Å². The highest BCUT2D eigenvalue weighted by atomic mass is 16.4. The number of carboxylic acids is 1. The van der Waals surface area contributed by atoms with Crippen LogP contribution < -0.4 is 0 Å². The van der Waals surface area contributed by atoms with E-state index in [9.17, 15) is 9.90 Å². The summed E-state index contributed by atoms with van der Waals surface area (Å²) in [7, 11) is 0. The second kappa shape index (κ2) is 3.95. The van der Waals surface area contributed by atoms with Crippen molar-refractivity contribution in [1.82, 2.24) is 9.80 Å². The molecule has 1 N–H and O–H groups in total. The summed E-state index contributed by atoms with van der Waals surface area (Å²) in [6.45, 7) is 7.29. The lowest BCUT2D eigenvalue weighted by Gasteiger charge is -2.48. The molecule has 0 aromatic carbocycles. The highest BCUT2D eigenvalue weighted by Gasteiger charge is 2.46. The van der Waals surface area contributed by atoms with Crippen molar-refractivity contribution in [3.05, 3.63) is 0 Å². The summed E-state index contributed by atoms with van der Waals surface area (Å²) in [5, 5.41) is 9.28. The van der Waals surface area contributed by atoms with E-state index in [2.05, 4.69) is 9.80 Å². The van der Waals surface area contributed by atoms with Crippen molar-refractivity contribution in [2.45, 2.75) is 32.2 Å². The highest BCUT2D eigenvalue weighted by molar-refractivity contribution is 5.74. The Morgan fingerprint density at radius 2 is 2.00 bits per heavy atom. The fourth-order valence-corrected chi connectivity index (χ4v) is 3.80. The van der Waals surface area contributed by atoms with Crippen molar-refractivity contribution in [3.63, 3.8) is 0 Å². The van der Waals surface area contributed by atoms with E-state index in [0.29, 0.717) is 6.04 Å². The van der Waals surface area contributed by atoms with E-state index in [1.807, 2.05) is 6.92 Å². The van der Waals surface area contributed by atoms with Gasteiger partial charge in [0, 0.05) is 19.1 Å². The molecule has 4 heteroatoms. The summed E-state index contributed by atoms with van der Waals surface area (Å²) in [4.78, 5) is 16.3. The number of nitrogens with zero attached hydrogens (tertiary/aromatic N) is 2. The van der Waals surface area contributed by atoms with E-state index in [1.165, 1.54) is 32.5 Å². The maximum absolute atomic E-state index is 11.3. The highest BCUT2D eigenvalue weighted by Crippen LogP contribution is 2.37. The molecule has 2 atom stereocenters. The van der Waals surface area contributed by atoms with E-state index in [0.717, 1.165) is 25.4 Å². The molecule has 4 aliphatic rings. The van der Waals surface area contributed by atoms with E-state index < -0.39 is 11.4 Å². The average molecular weight is 238 g/mol. The zero-order chi connectivity index (χ0) is 12.0. The van der Waals surface area contributed by atoms with Gasteiger partial charge in [0.05, 0.1) is 5.41 Å². The van der Waals surface area contributed by atoms with Gasteiger partial charge in [-0.25, -0.2) is 0 Å². The number of hydrogen-bond acceptors (Lipinski definition) is 3. The van der Waals surface area contributed by atoms with E-state index in [4.69, 9.17) is 0 Å². The maximum Gasteiger partial charge on any atom is 0.310 e. The minimum Gasteiger partial charge on any atom is -0.481 e. The van der Waals surface area contributed by atoms with Crippen LogP contribution in [-0.2, 0) is 4.79 Å². The largest absolute Gasteiger partial charge is 0.481 e. The number of carboxylic acid groups (broad SMARTS) is 1. The Morgan fingerprint density at radius 1 is 1.29 bits per heavy atom. The summed E-state index contributed by atoms with van der Waals surface area (Å²) in [6.07, 6.45) is 3.43. The molecule has 0 saturated carbocycles. The number of hydrogen-bond donors (Lipinski definition) is 1. The molecular formula is C13H22N2O2. The Labute approximate surface area is 103 Å². The molecule has 2 bridgehead atoms. The Hall–Kier alpha value is -0.610. The van der Waals surface area contributed by atoms with Gasteiger partial charge in [-0.05, 0) is 51.7 Å². The van der Waals surface area contributed by atoms with Gasteiger partial charge in [0.25, 0.3) is 0 Å². The van der Waals surface area contributed by atoms with Gasteiger partial charge in [-0.15, -0.1) is 0 Å². The first-order valence-corrected chi connectivity index (χ1v) is 6.78. The monoisotopic (exact) mass is 238 g/mol. The molecular weight excluding hydrogens is 216 g/mol. The maximum atomic E-state index is 11.3. The minimum atomic E-state index is -0.624. The summed E-state index contributed by atoms with van der Waals surface area (Å²) in [6, 6.07) is 0.624. The molecule has 0 aromatic rings. The first-order chi connectivity index (χ1) is 8.08. The van der Waals surface area contributed by atoms with Crippen molar-refractivity contribution >= 4 is 5.97 Å². The second-order valence-corrected chi connectivity index (χ2v) is 6.29. The van der Waals surface area contributed by atoms with Crippen molar-refractivity contribution < 1.29 is 9.90 Å². The molecule has 4 nitrogen and oxygen atoms in total. The topological polar surface area (TPSA) is 43.8 Å². The molecule has 0 amide bonds. The molecule has 96 valence electrons. The van der Waals surface area contributed by atoms with Gasteiger partial charge < -0.3 is 10.0 Å². The SMILES string of the molecule is CC1(C(=O)O)CCN(C2CN3CCC2CC3)C1. The number of fused-ring (bicyclic) bond motifs is 3. The molecule has 4 heterocycles. The number of likely N-dealkylation sites (tertiary alicyclic amines) is 1. The number of aliphatic carboxylic acids is 1. The first-order valence-electron chi connectivity index (χ1n) is 6.78. The molecule has 4 aliphatic heterocycles. The lowest BCUT2D eigenvalue weighted by Crippen LogP contribution is -2.57. The molecule has 0 aromatic heterocycles. The normalized spacial score (nSPS) is 46.3. The van der Waals surface area contributed by atoms with Crippen LogP contribution in [0.3, 0.4) is 0 Å². The molecule has 0 aliphatic carbocycles. The van der Waals surface area contributed by atoms with Crippen molar-refractivity contribution in [2.24, 2.45) is 11.3 Å². The molecule has 2 unspecified atom stereocenters. The van der Waals surface area contributed by atoms with Crippen molar-refractivity contribution in [3.8, 4) is 0 Å². The van der Waals surface area contributed by atoms with E-state index in [1.54, 1.807) is 0 Å². The first kappa shape index (κ1) is 11.5. The van der Waals surface area contributed by atoms with Crippen LogP contribution >= 0.6 is 0 Å². The fraction of sp³-hybridized carbons (Fsp3) is 0.923. The summed E-state index contributed by atoms with van der Waals surface area (Å²) >= 11 is 0. The number of rotatable bonds is 2. The summed E-state index contributed by atoms with van der Waals surface area (Å²) in [5.74, 6) is 0.192.